The number of hydrogen-bond donors (Lipinski definition) is 2. The Bertz CT molecular complexity index is 611. The van der Waals surface area contributed by atoms with Gasteiger partial charge in [0.25, 0.3) is 0 Å². The minimum absolute atomic E-state index is 0.0476. The largest absolute Gasteiger partial charge is 0.478 e. The maximum absolute atomic E-state index is 12.9. The van der Waals surface area contributed by atoms with Gasteiger partial charge in [-0.05, 0) is 42.5 Å². The number of benzene rings is 2. The van der Waals surface area contributed by atoms with E-state index in [0.717, 1.165) is 5.69 Å². The number of nitrogens with two attached hydrogens (primary N) is 1. The third-order valence-electron chi connectivity index (χ3n) is 2.87. The summed E-state index contributed by atoms with van der Waals surface area (Å²) in [5, 5.41) is 9.03. The summed E-state index contributed by atoms with van der Waals surface area (Å²) < 4.78 is 12.9. The molecule has 0 bridgehead atoms. The second-order valence-corrected chi connectivity index (χ2v) is 4.11. The molecule has 0 aromatic heterocycles. The van der Waals surface area contributed by atoms with Gasteiger partial charge >= 0.3 is 5.97 Å². The number of hydrogen-bond acceptors (Lipinski definition) is 3. The second kappa shape index (κ2) is 4.97. The molecule has 0 aliphatic carbocycles. The van der Waals surface area contributed by atoms with Crippen LogP contribution in [0.25, 0.3) is 0 Å². The Morgan fingerprint density at radius 2 is 1.74 bits per heavy atom. The Balaban J connectivity index is 2.38. The minimum Gasteiger partial charge on any atom is -0.478 e. The number of aromatic carboxylic acids is 1. The summed E-state index contributed by atoms with van der Waals surface area (Å²) in [5.74, 6) is -1.40. The normalized spacial score (nSPS) is 10.2. The van der Waals surface area contributed by atoms with Gasteiger partial charge in [0.15, 0.2) is 0 Å². The Kier molecular flexibility index (Phi) is 3.37. The zero-order valence-corrected chi connectivity index (χ0v) is 10.3. The third kappa shape index (κ3) is 2.65. The number of carbonyl (C=O) groups is 1. The van der Waals surface area contributed by atoms with Crippen molar-refractivity contribution in [3.8, 4) is 0 Å². The van der Waals surface area contributed by atoms with E-state index in [1.807, 2.05) is 0 Å². The maximum atomic E-state index is 12.9. The fourth-order valence-electron chi connectivity index (χ4n) is 1.75. The van der Waals surface area contributed by atoms with Crippen LogP contribution in [0.3, 0.4) is 0 Å². The van der Waals surface area contributed by atoms with Crippen molar-refractivity contribution in [3.63, 3.8) is 0 Å². The lowest BCUT2D eigenvalue weighted by molar-refractivity contribution is 0.0698. The van der Waals surface area contributed by atoms with E-state index in [-0.39, 0.29) is 17.1 Å². The fourth-order valence-corrected chi connectivity index (χ4v) is 1.75. The highest BCUT2D eigenvalue weighted by Gasteiger charge is 2.11. The minimum atomic E-state index is -1.08. The van der Waals surface area contributed by atoms with Crippen LogP contribution in [0.2, 0.25) is 0 Å². The molecule has 0 heterocycles. The number of carboxylic acid groups (broad SMARTS) is 1. The van der Waals surface area contributed by atoms with Crippen molar-refractivity contribution in [2.45, 2.75) is 0 Å². The van der Waals surface area contributed by atoms with Crippen molar-refractivity contribution in [2.75, 3.05) is 17.7 Å². The number of carboxylic acids is 1. The summed E-state index contributed by atoms with van der Waals surface area (Å²) in [6.07, 6.45) is 0. The average molecular weight is 260 g/mol. The lowest BCUT2D eigenvalue weighted by atomic mass is 10.1. The number of rotatable bonds is 3. The van der Waals surface area contributed by atoms with Crippen LogP contribution in [0.4, 0.5) is 21.5 Å². The first-order valence-corrected chi connectivity index (χ1v) is 5.61. The first-order valence-electron chi connectivity index (χ1n) is 5.61. The highest BCUT2D eigenvalue weighted by atomic mass is 19.1. The van der Waals surface area contributed by atoms with Crippen LogP contribution < -0.4 is 10.6 Å². The topological polar surface area (TPSA) is 66.6 Å². The van der Waals surface area contributed by atoms with E-state index < -0.39 is 5.97 Å². The smallest absolute Gasteiger partial charge is 0.337 e. The lowest BCUT2D eigenvalue weighted by Gasteiger charge is -2.20. The van der Waals surface area contributed by atoms with Crippen LogP contribution in [0, 0.1) is 5.82 Å². The van der Waals surface area contributed by atoms with E-state index in [0.29, 0.717) is 5.69 Å². The molecule has 0 spiro atoms. The Labute approximate surface area is 109 Å². The standard InChI is InChI=1S/C14H13FN2O2/c1-17(10-4-2-9(15)3-5-10)11-6-7-13(16)12(8-11)14(18)19/h2-8H,16H2,1H3,(H,18,19). The van der Waals surface area contributed by atoms with Crippen molar-refractivity contribution in [1.29, 1.82) is 0 Å². The highest BCUT2D eigenvalue weighted by molar-refractivity contribution is 5.95. The van der Waals surface area contributed by atoms with E-state index in [1.54, 1.807) is 36.2 Å². The highest BCUT2D eigenvalue weighted by Crippen LogP contribution is 2.26. The fraction of sp³-hybridized carbons (Fsp3) is 0.0714. The molecule has 0 aliphatic rings. The molecule has 0 aliphatic heterocycles. The van der Waals surface area contributed by atoms with Gasteiger partial charge in [-0.15, -0.1) is 0 Å². The SMILES string of the molecule is CN(c1ccc(F)cc1)c1ccc(N)c(C(=O)O)c1. The third-order valence-corrected chi connectivity index (χ3v) is 2.87. The van der Waals surface area contributed by atoms with E-state index in [1.165, 1.54) is 18.2 Å². The Hall–Kier alpha value is -2.56. The lowest BCUT2D eigenvalue weighted by Crippen LogP contribution is -2.11. The van der Waals surface area contributed by atoms with E-state index in [2.05, 4.69) is 0 Å². The molecular formula is C14H13FN2O2. The summed E-state index contributed by atoms with van der Waals surface area (Å²) in [4.78, 5) is 12.8. The second-order valence-electron chi connectivity index (χ2n) is 4.11. The summed E-state index contributed by atoms with van der Waals surface area (Å²) >= 11 is 0. The number of nitrogen functional groups attached to an aromatic ring is 1. The van der Waals surface area contributed by atoms with Gasteiger partial charge in [0, 0.05) is 24.1 Å². The van der Waals surface area contributed by atoms with Gasteiger partial charge in [-0.2, -0.15) is 0 Å². The first-order chi connectivity index (χ1) is 8.99. The van der Waals surface area contributed by atoms with Crippen LogP contribution >= 0.6 is 0 Å². The molecular weight excluding hydrogens is 247 g/mol. The van der Waals surface area contributed by atoms with Gasteiger partial charge < -0.3 is 15.7 Å². The number of anilines is 3. The summed E-state index contributed by atoms with van der Waals surface area (Å²) in [6, 6.07) is 10.7. The predicted octanol–water partition coefficient (Wildman–Crippen LogP) is 2.87. The molecule has 3 N–H and O–H groups in total. The van der Waals surface area contributed by atoms with E-state index in [9.17, 15) is 9.18 Å². The molecule has 4 nitrogen and oxygen atoms in total. The molecule has 0 radical (unpaired) electrons. The molecule has 98 valence electrons. The van der Waals surface area contributed by atoms with Crippen molar-refractivity contribution >= 4 is 23.0 Å². The zero-order chi connectivity index (χ0) is 14.0. The van der Waals surface area contributed by atoms with Gasteiger partial charge in [-0.1, -0.05) is 0 Å². The van der Waals surface area contributed by atoms with E-state index in [4.69, 9.17) is 10.8 Å². The maximum Gasteiger partial charge on any atom is 0.337 e. The summed E-state index contributed by atoms with van der Waals surface area (Å²) in [5.41, 5.74) is 7.28. The Morgan fingerprint density at radius 1 is 1.16 bits per heavy atom. The molecule has 0 atom stereocenters. The molecule has 19 heavy (non-hydrogen) atoms. The molecule has 2 aromatic rings. The zero-order valence-electron chi connectivity index (χ0n) is 10.3. The van der Waals surface area contributed by atoms with Crippen LogP contribution in [0.5, 0.6) is 0 Å². The quantitative estimate of drug-likeness (QED) is 0.833. The van der Waals surface area contributed by atoms with Crippen LogP contribution in [0.1, 0.15) is 10.4 Å². The molecule has 5 heteroatoms. The van der Waals surface area contributed by atoms with Gasteiger partial charge in [0.2, 0.25) is 0 Å². The first kappa shape index (κ1) is 12.9. The monoisotopic (exact) mass is 260 g/mol. The van der Waals surface area contributed by atoms with Gasteiger partial charge in [-0.3, -0.25) is 0 Å². The molecule has 0 amide bonds. The molecule has 0 unspecified atom stereocenters. The summed E-state index contributed by atoms with van der Waals surface area (Å²) in [7, 11) is 1.77. The number of halogens is 1. The van der Waals surface area contributed by atoms with Gasteiger partial charge in [0.05, 0.1) is 5.56 Å². The van der Waals surface area contributed by atoms with Gasteiger partial charge in [-0.25, -0.2) is 9.18 Å². The predicted molar refractivity (Wildman–Crippen MR) is 72.3 cm³/mol. The van der Waals surface area contributed by atoms with Crippen molar-refractivity contribution in [1.82, 2.24) is 0 Å². The van der Waals surface area contributed by atoms with Crippen LogP contribution in [-0.2, 0) is 0 Å². The Morgan fingerprint density at radius 3 is 2.32 bits per heavy atom. The van der Waals surface area contributed by atoms with Crippen LogP contribution in [0.15, 0.2) is 42.5 Å². The van der Waals surface area contributed by atoms with Gasteiger partial charge in [0.1, 0.15) is 5.82 Å². The molecule has 0 fully saturated rings. The number of nitrogens with zero attached hydrogens (tertiary/aromatic N) is 1. The van der Waals surface area contributed by atoms with Crippen molar-refractivity contribution in [2.24, 2.45) is 0 Å². The van der Waals surface area contributed by atoms with E-state index >= 15 is 0 Å². The summed E-state index contributed by atoms with van der Waals surface area (Å²) in [6.45, 7) is 0. The molecule has 0 saturated heterocycles. The molecule has 2 rings (SSSR count). The van der Waals surface area contributed by atoms with Crippen molar-refractivity contribution in [3.05, 3.63) is 53.8 Å². The molecule has 0 saturated carbocycles. The average Bonchev–Trinajstić information content (AvgIpc) is 2.39. The van der Waals surface area contributed by atoms with Crippen molar-refractivity contribution < 1.29 is 14.3 Å². The molecule has 2 aromatic carbocycles. The van der Waals surface area contributed by atoms with Crippen LogP contribution in [-0.4, -0.2) is 18.1 Å².